The third kappa shape index (κ3) is 10.9. The summed E-state index contributed by atoms with van der Waals surface area (Å²) < 4.78 is 101. The van der Waals surface area contributed by atoms with Crippen molar-refractivity contribution in [3.8, 4) is 5.75 Å². The van der Waals surface area contributed by atoms with E-state index in [1.165, 1.54) is 78.9 Å². The fraction of sp³-hybridized carbons (Fsp3) is 0. The van der Waals surface area contributed by atoms with E-state index in [1.807, 2.05) is 0 Å². The van der Waals surface area contributed by atoms with E-state index in [2.05, 4.69) is 25.8 Å². The van der Waals surface area contributed by atoms with Crippen molar-refractivity contribution in [2.75, 3.05) is 5.32 Å². The van der Waals surface area contributed by atoms with E-state index in [1.54, 1.807) is 18.2 Å². The summed E-state index contributed by atoms with van der Waals surface area (Å²) >= 11 is 0. The van der Waals surface area contributed by atoms with Crippen LogP contribution in [0.25, 0.3) is 10.8 Å². The van der Waals surface area contributed by atoms with Gasteiger partial charge in [0.1, 0.15) is 30.9 Å². The first kappa shape index (κ1) is 44.3. The molecule has 0 spiro atoms. The van der Waals surface area contributed by atoms with Crippen LogP contribution >= 0.6 is 0 Å². The molecule has 22 heteroatoms. The topological polar surface area (TPSA) is 262 Å². The zero-order valence-electron chi connectivity index (χ0n) is 29.1. The van der Waals surface area contributed by atoms with E-state index in [0.29, 0.717) is 28.5 Å². The number of fused-ring (bicyclic) bond motifs is 1. The average molecular weight is 833 g/mol. The van der Waals surface area contributed by atoms with Crippen molar-refractivity contribution < 1.29 is 103 Å². The van der Waals surface area contributed by atoms with E-state index < -0.39 is 50.8 Å². The van der Waals surface area contributed by atoms with Gasteiger partial charge in [0.2, 0.25) is 0 Å². The molecule has 17 nitrogen and oxygen atoms in total. The van der Waals surface area contributed by atoms with E-state index >= 15 is 0 Å². The van der Waals surface area contributed by atoms with Gasteiger partial charge in [-0.1, -0.05) is 24.3 Å². The number of azo groups is 2. The number of anilines is 2. The molecule has 0 unspecified atom stereocenters. The first-order chi connectivity index (χ1) is 25.6. The zero-order chi connectivity index (χ0) is 38.7. The summed E-state index contributed by atoms with van der Waals surface area (Å²) in [6.07, 6.45) is 0. The van der Waals surface area contributed by atoms with E-state index in [0.717, 1.165) is 24.3 Å². The largest absolute Gasteiger partial charge is 1.00 e. The molecule has 0 aliphatic heterocycles. The van der Waals surface area contributed by atoms with Gasteiger partial charge in [0.15, 0.2) is 0 Å². The van der Waals surface area contributed by atoms with Crippen LogP contribution in [0.2, 0.25) is 0 Å². The Labute approximate surface area is 363 Å². The molecule has 0 radical (unpaired) electrons. The maximum atomic E-state index is 12.5. The van der Waals surface area contributed by atoms with Crippen LogP contribution in [0.1, 0.15) is 0 Å². The van der Waals surface area contributed by atoms with Gasteiger partial charge >= 0.3 is 69.2 Å². The number of hydrogen-bond acceptors (Lipinski definition) is 16. The third-order valence-electron chi connectivity index (χ3n) is 7.44. The van der Waals surface area contributed by atoms with Gasteiger partial charge in [-0.3, -0.25) is 10.1 Å². The number of benzene rings is 6. The van der Waals surface area contributed by atoms with Crippen LogP contribution in [0.15, 0.2) is 163 Å². The van der Waals surface area contributed by atoms with Gasteiger partial charge in [-0.05, 0) is 91.0 Å². The van der Waals surface area contributed by atoms with E-state index in [4.69, 9.17) is 4.18 Å². The first-order valence-corrected chi connectivity index (χ1v) is 19.4. The van der Waals surface area contributed by atoms with Crippen LogP contribution in [0.5, 0.6) is 5.75 Å². The number of hydrogen-bond donors (Lipinski definition) is 1. The molecule has 0 atom stereocenters. The summed E-state index contributed by atoms with van der Waals surface area (Å²) in [6, 6.07) is 28.7. The Hall–Kier alpha value is -4.45. The molecule has 0 bridgehead atoms. The molecule has 0 aliphatic carbocycles. The van der Waals surface area contributed by atoms with Gasteiger partial charge in [-0.2, -0.15) is 18.6 Å². The fourth-order valence-corrected chi connectivity index (χ4v) is 6.98. The van der Waals surface area contributed by atoms with Gasteiger partial charge in [0.25, 0.3) is 5.69 Å². The van der Waals surface area contributed by atoms with Crippen LogP contribution < -0.4 is 68.6 Å². The predicted octanol–water partition coefficient (Wildman–Crippen LogP) is 1.91. The second-order valence-electron chi connectivity index (χ2n) is 11.1. The first-order valence-electron chi connectivity index (χ1n) is 15.1. The molecule has 0 heterocycles. The van der Waals surface area contributed by atoms with Gasteiger partial charge in [0, 0.05) is 28.6 Å². The molecule has 0 saturated heterocycles. The minimum atomic E-state index is -5.06. The van der Waals surface area contributed by atoms with Crippen LogP contribution in [0, 0.1) is 10.1 Å². The van der Waals surface area contributed by atoms with Crippen molar-refractivity contribution in [3.63, 3.8) is 0 Å². The van der Waals surface area contributed by atoms with Crippen LogP contribution in [-0.2, 0) is 30.4 Å². The van der Waals surface area contributed by atoms with E-state index in [9.17, 15) is 44.5 Å². The van der Waals surface area contributed by atoms with Crippen LogP contribution in [0.4, 0.5) is 39.8 Å². The molecular formula is C34H22N6Na2O11S3. The standard InChI is InChI=1S/C34H24N6O11S3.2Na/c41-40(42)25-12-17-33(34(20-25)53(46,47)48)35-22-6-8-23(9-7-22)36-38-31-18-19-32(30-21-28(52(43,44)45)15-16-29(30)31)39-37-24-10-13-26(14-11-24)51-54(49,50)27-4-2-1-3-5-27;;/h1-21,35H,(H,43,44,45)(H,46,47,48);;/q;2*+1/p-2. The Kier molecular flexibility index (Phi) is 14.4. The van der Waals surface area contributed by atoms with Crippen molar-refractivity contribution in [3.05, 3.63) is 138 Å². The quantitative estimate of drug-likeness (QED) is 0.0463. The molecule has 0 aromatic heterocycles. The number of non-ortho nitro benzene ring substituents is 1. The summed E-state index contributed by atoms with van der Waals surface area (Å²) in [5.74, 6) is 0.0301. The Morgan fingerprint density at radius 2 is 1.14 bits per heavy atom. The summed E-state index contributed by atoms with van der Waals surface area (Å²) in [5.41, 5.74) is 0.617. The van der Waals surface area contributed by atoms with E-state index in [-0.39, 0.29) is 92.2 Å². The zero-order valence-corrected chi connectivity index (χ0v) is 35.5. The maximum absolute atomic E-state index is 12.5. The third-order valence-corrected chi connectivity index (χ3v) is 10.4. The summed E-state index contributed by atoms with van der Waals surface area (Å²) in [7, 11) is -14.0. The predicted molar refractivity (Wildman–Crippen MR) is 192 cm³/mol. The number of nitro groups is 1. The number of nitrogens with zero attached hydrogens (tertiary/aromatic N) is 5. The SMILES string of the molecule is O=[N+]([O-])c1ccc(Nc2ccc(N=Nc3ccc(N=Nc4ccc(OS(=O)(=O)c5ccccc5)cc4)c4cc(S(=O)(=O)[O-])ccc34)cc2)c(S(=O)(=O)[O-])c1.[Na+].[Na+]. The second-order valence-corrected chi connectivity index (χ2v) is 15.3. The van der Waals surface area contributed by atoms with Crippen molar-refractivity contribution >= 4 is 80.9 Å². The molecule has 6 rings (SSSR count). The van der Waals surface area contributed by atoms with Crippen LogP contribution in [-0.4, -0.2) is 39.3 Å². The molecule has 6 aromatic carbocycles. The summed E-state index contributed by atoms with van der Waals surface area (Å²) in [4.78, 5) is 8.88. The maximum Gasteiger partial charge on any atom is 1.00 e. The van der Waals surface area contributed by atoms with Crippen molar-refractivity contribution in [1.29, 1.82) is 0 Å². The fourth-order valence-electron chi connectivity index (χ4n) is 4.88. The Bertz CT molecular complexity index is 2810. The molecule has 56 heavy (non-hydrogen) atoms. The Morgan fingerprint density at radius 3 is 1.70 bits per heavy atom. The van der Waals surface area contributed by atoms with Gasteiger partial charge in [0.05, 0.1) is 43.2 Å². The van der Waals surface area contributed by atoms with Crippen molar-refractivity contribution in [1.82, 2.24) is 0 Å². The Morgan fingerprint density at radius 1 is 0.571 bits per heavy atom. The van der Waals surface area contributed by atoms with Gasteiger partial charge < -0.3 is 18.6 Å². The molecule has 274 valence electrons. The van der Waals surface area contributed by atoms with Crippen molar-refractivity contribution in [2.24, 2.45) is 20.5 Å². The molecule has 0 aliphatic rings. The molecule has 0 fully saturated rings. The molecule has 0 saturated carbocycles. The molecule has 1 N–H and O–H groups in total. The molecule has 6 aromatic rings. The number of rotatable bonds is 12. The average Bonchev–Trinajstić information content (AvgIpc) is 3.13. The second kappa shape index (κ2) is 18.2. The molecule has 0 amide bonds. The van der Waals surface area contributed by atoms with Gasteiger partial charge in [-0.25, -0.2) is 16.8 Å². The minimum absolute atomic E-state index is 0. The molecular weight excluding hydrogens is 811 g/mol. The van der Waals surface area contributed by atoms with Gasteiger partial charge in [-0.15, -0.1) is 10.2 Å². The smallest absolute Gasteiger partial charge is 0.744 e. The number of nitro benzene ring substituents is 1. The minimum Gasteiger partial charge on any atom is -0.744 e. The normalized spacial score (nSPS) is 11.9. The summed E-state index contributed by atoms with van der Waals surface area (Å²) in [5, 5.41) is 31.2. The summed E-state index contributed by atoms with van der Waals surface area (Å²) in [6.45, 7) is 0. The van der Waals surface area contributed by atoms with Crippen LogP contribution in [0.3, 0.4) is 0 Å². The van der Waals surface area contributed by atoms with Crippen molar-refractivity contribution in [2.45, 2.75) is 14.7 Å². The monoisotopic (exact) mass is 832 g/mol. The Balaban J connectivity index is 0.00000348. The number of nitrogens with one attached hydrogen (secondary N) is 1.